The first-order chi connectivity index (χ1) is 9.60. The van der Waals surface area contributed by atoms with E-state index < -0.39 is 5.41 Å². The summed E-state index contributed by atoms with van der Waals surface area (Å²) in [5.74, 6) is 1.20. The Morgan fingerprint density at radius 2 is 2.00 bits per heavy atom. The van der Waals surface area contributed by atoms with E-state index in [9.17, 15) is 4.79 Å². The highest BCUT2D eigenvalue weighted by atomic mass is 32.2. The van der Waals surface area contributed by atoms with E-state index in [4.69, 9.17) is 18.0 Å². The van der Waals surface area contributed by atoms with Crippen molar-refractivity contribution in [3.63, 3.8) is 0 Å². The fourth-order valence-corrected chi connectivity index (χ4v) is 5.05. The molecule has 2 atom stereocenters. The molecule has 1 amide bonds. The van der Waals surface area contributed by atoms with Crippen LogP contribution in [-0.4, -0.2) is 27.9 Å². The Morgan fingerprint density at radius 1 is 1.30 bits per heavy atom. The molecule has 0 radical (unpaired) electrons. The Kier molecular flexibility index (Phi) is 5.73. The Labute approximate surface area is 131 Å². The van der Waals surface area contributed by atoms with Gasteiger partial charge in [0.2, 0.25) is 5.91 Å². The van der Waals surface area contributed by atoms with Crippen LogP contribution in [0.25, 0.3) is 0 Å². The summed E-state index contributed by atoms with van der Waals surface area (Å²) in [6, 6.07) is 0.306. The van der Waals surface area contributed by atoms with Gasteiger partial charge >= 0.3 is 0 Å². The standard InChI is InChI=1S/C15H26N2OS2/c1-2-20-12-8-6-7-11(12)17-14(18)15(13(16)19)9-4-3-5-10-15/h11-12H,2-10H2,1H3,(H2,16,19)(H,17,18). The molecular weight excluding hydrogens is 288 g/mol. The van der Waals surface area contributed by atoms with Crippen molar-refractivity contribution in [1.29, 1.82) is 0 Å². The molecule has 2 aliphatic rings. The first-order valence-electron chi connectivity index (χ1n) is 7.82. The number of hydrogen-bond donors (Lipinski definition) is 2. The molecule has 0 bridgehead atoms. The maximum atomic E-state index is 12.8. The predicted molar refractivity (Wildman–Crippen MR) is 90.0 cm³/mol. The number of nitrogens with one attached hydrogen (secondary N) is 1. The number of thioether (sulfide) groups is 1. The third-order valence-corrected chi connectivity index (χ3v) is 6.48. The lowest BCUT2D eigenvalue weighted by Crippen LogP contribution is -2.53. The summed E-state index contributed by atoms with van der Waals surface area (Å²) in [5, 5.41) is 3.84. The van der Waals surface area contributed by atoms with E-state index in [1.165, 1.54) is 19.3 Å². The van der Waals surface area contributed by atoms with Gasteiger partial charge in [0.1, 0.15) is 0 Å². The van der Waals surface area contributed by atoms with Gasteiger partial charge < -0.3 is 11.1 Å². The van der Waals surface area contributed by atoms with E-state index in [2.05, 4.69) is 12.2 Å². The minimum Gasteiger partial charge on any atom is -0.392 e. The van der Waals surface area contributed by atoms with Crippen LogP contribution >= 0.6 is 24.0 Å². The highest BCUT2D eigenvalue weighted by molar-refractivity contribution is 7.99. The van der Waals surface area contributed by atoms with Crippen LogP contribution in [0.15, 0.2) is 0 Å². The maximum Gasteiger partial charge on any atom is 0.233 e. The normalized spacial score (nSPS) is 29.1. The zero-order chi connectivity index (χ0) is 14.6. The van der Waals surface area contributed by atoms with Crippen LogP contribution in [0.2, 0.25) is 0 Å². The van der Waals surface area contributed by atoms with Gasteiger partial charge in [0, 0.05) is 11.3 Å². The predicted octanol–water partition coefficient (Wildman–Crippen LogP) is 3.01. The van der Waals surface area contributed by atoms with Crippen molar-refractivity contribution in [1.82, 2.24) is 5.32 Å². The molecule has 0 aromatic rings. The molecule has 2 rings (SSSR count). The van der Waals surface area contributed by atoms with E-state index in [0.29, 0.717) is 16.3 Å². The van der Waals surface area contributed by atoms with Crippen LogP contribution in [0, 0.1) is 5.41 Å². The largest absolute Gasteiger partial charge is 0.392 e. The van der Waals surface area contributed by atoms with Crippen molar-refractivity contribution in [3.8, 4) is 0 Å². The van der Waals surface area contributed by atoms with Crippen LogP contribution in [0.4, 0.5) is 0 Å². The second-order valence-corrected chi connectivity index (χ2v) is 7.97. The Bertz CT molecular complexity index is 367. The van der Waals surface area contributed by atoms with Gasteiger partial charge in [0.15, 0.2) is 0 Å². The molecule has 2 unspecified atom stereocenters. The van der Waals surface area contributed by atoms with Crippen molar-refractivity contribution in [3.05, 3.63) is 0 Å². The molecule has 0 aliphatic heterocycles. The van der Waals surface area contributed by atoms with E-state index in [-0.39, 0.29) is 5.91 Å². The zero-order valence-electron chi connectivity index (χ0n) is 12.3. The third-order valence-electron chi connectivity index (χ3n) is 4.76. The monoisotopic (exact) mass is 314 g/mol. The topological polar surface area (TPSA) is 55.1 Å². The van der Waals surface area contributed by atoms with E-state index in [1.54, 1.807) is 0 Å². The van der Waals surface area contributed by atoms with Crippen molar-refractivity contribution >= 4 is 34.9 Å². The Balaban J connectivity index is 2.03. The van der Waals surface area contributed by atoms with Gasteiger partial charge in [-0.3, -0.25) is 4.79 Å². The summed E-state index contributed by atoms with van der Waals surface area (Å²) in [6.07, 6.45) is 8.47. The summed E-state index contributed by atoms with van der Waals surface area (Å²) < 4.78 is 0. The molecule has 2 saturated carbocycles. The lowest BCUT2D eigenvalue weighted by atomic mass is 9.73. The van der Waals surface area contributed by atoms with Gasteiger partial charge in [0.25, 0.3) is 0 Å². The molecule has 20 heavy (non-hydrogen) atoms. The molecule has 0 aromatic heterocycles. The molecule has 3 nitrogen and oxygen atoms in total. The van der Waals surface area contributed by atoms with Gasteiger partial charge in [-0.2, -0.15) is 11.8 Å². The molecule has 114 valence electrons. The number of nitrogens with two attached hydrogens (primary N) is 1. The molecule has 0 saturated heterocycles. The van der Waals surface area contributed by atoms with E-state index in [1.807, 2.05) is 11.8 Å². The SMILES string of the molecule is CCSC1CCCC1NC(=O)C1(C(N)=S)CCCCC1. The Hall–Kier alpha value is -0.290. The third kappa shape index (κ3) is 3.30. The smallest absolute Gasteiger partial charge is 0.233 e. The average molecular weight is 315 g/mol. The van der Waals surface area contributed by atoms with Gasteiger partial charge in [-0.1, -0.05) is 44.8 Å². The van der Waals surface area contributed by atoms with Crippen LogP contribution in [0.3, 0.4) is 0 Å². The molecule has 0 heterocycles. The van der Waals surface area contributed by atoms with Crippen molar-refractivity contribution < 1.29 is 4.79 Å². The van der Waals surface area contributed by atoms with Gasteiger partial charge in [-0.25, -0.2) is 0 Å². The fourth-order valence-electron chi connectivity index (χ4n) is 3.55. The first-order valence-corrected chi connectivity index (χ1v) is 9.28. The minimum atomic E-state index is -0.572. The summed E-state index contributed by atoms with van der Waals surface area (Å²) in [4.78, 5) is 13.2. The average Bonchev–Trinajstić information content (AvgIpc) is 2.87. The van der Waals surface area contributed by atoms with Crippen LogP contribution in [0.1, 0.15) is 58.3 Å². The van der Waals surface area contributed by atoms with Crippen molar-refractivity contribution in [2.45, 2.75) is 69.6 Å². The summed E-state index contributed by atoms with van der Waals surface area (Å²) in [6.45, 7) is 2.18. The van der Waals surface area contributed by atoms with Crippen molar-refractivity contribution in [2.75, 3.05) is 5.75 Å². The van der Waals surface area contributed by atoms with E-state index >= 15 is 0 Å². The first kappa shape index (κ1) is 16.1. The highest BCUT2D eigenvalue weighted by Gasteiger charge is 2.44. The Morgan fingerprint density at radius 3 is 2.60 bits per heavy atom. The number of carbonyl (C=O) groups is 1. The number of amides is 1. The number of rotatable bonds is 5. The highest BCUT2D eigenvalue weighted by Crippen LogP contribution is 2.38. The van der Waals surface area contributed by atoms with Crippen LogP contribution < -0.4 is 11.1 Å². The number of carbonyl (C=O) groups excluding carboxylic acids is 1. The molecule has 2 aliphatic carbocycles. The summed E-state index contributed by atoms with van der Waals surface area (Å²) >= 11 is 7.20. The minimum absolute atomic E-state index is 0.0957. The molecule has 3 N–H and O–H groups in total. The molecule has 2 fully saturated rings. The zero-order valence-corrected chi connectivity index (χ0v) is 14.0. The summed E-state index contributed by atoms with van der Waals surface area (Å²) in [5.41, 5.74) is 5.36. The molecule has 0 aromatic carbocycles. The second-order valence-electron chi connectivity index (χ2n) is 6.01. The molecule has 0 spiro atoms. The quantitative estimate of drug-likeness (QED) is 0.766. The van der Waals surface area contributed by atoms with Crippen LogP contribution in [0.5, 0.6) is 0 Å². The van der Waals surface area contributed by atoms with Gasteiger partial charge in [0.05, 0.1) is 10.4 Å². The van der Waals surface area contributed by atoms with Crippen LogP contribution in [-0.2, 0) is 4.79 Å². The summed E-state index contributed by atoms with van der Waals surface area (Å²) in [7, 11) is 0. The number of thiocarbonyl (C=S) groups is 1. The van der Waals surface area contributed by atoms with Crippen molar-refractivity contribution in [2.24, 2.45) is 11.1 Å². The van der Waals surface area contributed by atoms with E-state index in [0.717, 1.165) is 37.9 Å². The van der Waals surface area contributed by atoms with Gasteiger partial charge in [-0.05, 0) is 31.4 Å². The van der Waals surface area contributed by atoms with Gasteiger partial charge in [-0.15, -0.1) is 0 Å². The second kappa shape index (κ2) is 7.12. The lowest BCUT2D eigenvalue weighted by molar-refractivity contribution is -0.129. The maximum absolute atomic E-state index is 12.8. The fraction of sp³-hybridized carbons (Fsp3) is 0.867. The number of hydrogen-bond acceptors (Lipinski definition) is 3. The molecule has 5 heteroatoms. The molecular formula is C15H26N2OS2. The lowest BCUT2D eigenvalue weighted by Gasteiger charge is -2.36.